The first-order valence-corrected chi connectivity index (χ1v) is 15.1. The number of benzene rings is 1. The molecule has 0 fully saturated rings. The van der Waals surface area contributed by atoms with E-state index in [0.717, 1.165) is 0 Å². The van der Waals surface area contributed by atoms with Crippen LogP contribution in [0.2, 0.25) is 0 Å². The maximum absolute atomic E-state index is 13.3. The summed E-state index contributed by atoms with van der Waals surface area (Å²) in [5.41, 5.74) is 7.10. The SMILES string of the molecule is CSCCC(N)C(=O)NC(CCSC)C(=O)NC(Cc1cnc[nH]1)C(=O)NC(Cc1ccc(O)cc1)C(=O)O. The molecule has 12 nitrogen and oxygen atoms in total. The van der Waals surface area contributed by atoms with Gasteiger partial charge in [-0.15, -0.1) is 0 Å². The lowest BCUT2D eigenvalue weighted by Crippen LogP contribution is -2.58. The van der Waals surface area contributed by atoms with Gasteiger partial charge in [0, 0.05) is 24.7 Å². The predicted octanol–water partition coefficient (Wildman–Crippen LogP) is 0.273. The van der Waals surface area contributed by atoms with Crippen LogP contribution in [0.5, 0.6) is 5.75 Å². The Morgan fingerprint density at radius 3 is 2.08 bits per heavy atom. The third-order valence-corrected chi connectivity index (χ3v) is 7.10. The number of amides is 3. The molecule has 0 aliphatic carbocycles. The van der Waals surface area contributed by atoms with Gasteiger partial charge in [-0.3, -0.25) is 14.4 Å². The summed E-state index contributed by atoms with van der Waals surface area (Å²) in [6, 6.07) is 1.81. The minimum Gasteiger partial charge on any atom is -0.508 e. The van der Waals surface area contributed by atoms with Gasteiger partial charge >= 0.3 is 5.97 Å². The van der Waals surface area contributed by atoms with Crippen molar-refractivity contribution in [3.05, 3.63) is 48.0 Å². The van der Waals surface area contributed by atoms with Crippen LogP contribution in [-0.2, 0) is 32.0 Å². The van der Waals surface area contributed by atoms with E-state index in [-0.39, 0.29) is 18.6 Å². The van der Waals surface area contributed by atoms with Gasteiger partial charge in [-0.1, -0.05) is 12.1 Å². The van der Waals surface area contributed by atoms with Crippen LogP contribution >= 0.6 is 23.5 Å². The quantitative estimate of drug-likeness (QED) is 0.136. The number of carbonyl (C=O) groups excluding carboxylic acids is 3. The standard InChI is InChI=1S/C25H36N6O6S2/c1-38-9-7-18(26)22(33)29-19(8-10-39-2)23(34)30-20(12-16-13-27-14-28-16)24(35)31-21(25(36)37)11-15-3-5-17(32)6-4-15/h3-6,13-14,18-21,32H,7-12,26H2,1-2H3,(H,27,28)(H,29,33)(H,30,34)(H,31,35)(H,36,37). The first-order chi connectivity index (χ1) is 18.6. The predicted molar refractivity (Wildman–Crippen MR) is 152 cm³/mol. The molecule has 1 aromatic heterocycles. The molecule has 0 radical (unpaired) electrons. The summed E-state index contributed by atoms with van der Waals surface area (Å²) >= 11 is 3.06. The van der Waals surface area contributed by atoms with Crippen LogP contribution in [0.15, 0.2) is 36.8 Å². The number of aromatic hydroxyl groups is 1. The fourth-order valence-corrected chi connectivity index (χ4v) is 4.56. The Bertz CT molecular complexity index is 1070. The summed E-state index contributed by atoms with van der Waals surface area (Å²) in [6.45, 7) is 0. The fraction of sp³-hybridized carbons (Fsp3) is 0.480. The van der Waals surface area contributed by atoms with Crippen molar-refractivity contribution in [2.45, 2.75) is 49.9 Å². The number of phenols is 1. The van der Waals surface area contributed by atoms with Crippen LogP contribution in [0.3, 0.4) is 0 Å². The highest BCUT2D eigenvalue weighted by molar-refractivity contribution is 7.98. The Morgan fingerprint density at radius 1 is 0.897 bits per heavy atom. The highest BCUT2D eigenvalue weighted by Gasteiger charge is 2.30. The number of nitrogens with zero attached hydrogens (tertiary/aromatic N) is 1. The molecule has 14 heteroatoms. The lowest BCUT2D eigenvalue weighted by Gasteiger charge is -2.25. The second-order valence-corrected chi connectivity index (χ2v) is 10.8. The molecule has 0 saturated heterocycles. The summed E-state index contributed by atoms with van der Waals surface area (Å²) in [6.07, 6.45) is 7.44. The largest absolute Gasteiger partial charge is 0.508 e. The van der Waals surface area contributed by atoms with E-state index in [2.05, 4.69) is 25.9 Å². The average molecular weight is 581 g/mol. The second-order valence-electron chi connectivity index (χ2n) is 8.84. The van der Waals surface area contributed by atoms with Crippen LogP contribution < -0.4 is 21.7 Å². The van der Waals surface area contributed by atoms with Gasteiger partial charge in [-0.25, -0.2) is 9.78 Å². The highest BCUT2D eigenvalue weighted by Crippen LogP contribution is 2.12. The third kappa shape index (κ3) is 11.2. The molecule has 1 heterocycles. The van der Waals surface area contributed by atoms with E-state index in [9.17, 15) is 29.4 Å². The van der Waals surface area contributed by atoms with Gasteiger partial charge in [0.15, 0.2) is 0 Å². The molecular formula is C25H36N6O6S2. The molecule has 0 aliphatic rings. The number of carboxylic acid groups (broad SMARTS) is 1. The van der Waals surface area contributed by atoms with E-state index in [4.69, 9.17) is 5.73 Å². The third-order valence-electron chi connectivity index (χ3n) is 5.82. The van der Waals surface area contributed by atoms with Gasteiger partial charge in [0.1, 0.15) is 23.9 Å². The number of hydrogen-bond donors (Lipinski definition) is 7. The van der Waals surface area contributed by atoms with E-state index in [0.29, 0.717) is 35.6 Å². The number of aliphatic carboxylic acids is 1. The number of carbonyl (C=O) groups is 4. The maximum atomic E-state index is 13.3. The van der Waals surface area contributed by atoms with Crippen molar-refractivity contribution in [3.8, 4) is 5.75 Å². The number of carboxylic acids is 1. The van der Waals surface area contributed by atoms with E-state index in [1.54, 1.807) is 23.9 Å². The molecule has 0 aliphatic heterocycles. The van der Waals surface area contributed by atoms with Gasteiger partial charge in [0.25, 0.3) is 0 Å². The van der Waals surface area contributed by atoms with E-state index < -0.39 is 47.9 Å². The molecule has 2 aromatic rings. The minimum absolute atomic E-state index is 0.0134. The Hall–Kier alpha value is -3.23. The molecule has 4 unspecified atom stereocenters. The van der Waals surface area contributed by atoms with Crippen molar-refractivity contribution in [3.63, 3.8) is 0 Å². The molecular weight excluding hydrogens is 544 g/mol. The van der Waals surface area contributed by atoms with Gasteiger partial charge < -0.3 is 36.9 Å². The molecule has 1 aromatic carbocycles. The van der Waals surface area contributed by atoms with Gasteiger partial charge in [0.05, 0.1) is 12.4 Å². The number of aromatic amines is 1. The zero-order chi connectivity index (χ0) is 28.8. The fourth-order valence-electron chi connectivity index (χ4n) is 3.60. The Balaban J connectivity index is 2.18. The number of nitrogens with two attached hydrogens (primary N) is 1. The van der Waals surface area contributed by atoms with Crippen molar-refractivity contribution in [1.29, 1.82) is 0 Å². The van der Waals surface area contributed by atoms with Crippen molar-refractivity contribution in [1.82, 2.24) is 25.9 Å². The average Bonchev–Trinajstić information content (AvgIpc) is 3.42. The van der Waals surface area contributed by atoms with Crippen LogP contribution in [-0.4, -0.2) is 92.1 Å². The van der Waals surface area contributed by atoms with Crippen molar-refractivity contribution in [2.24, 2.45) is 5.73 Å². The van der Waals surface area contributed by atoms with Gasteiger partial charge in [-0.05, 0) is 54.6 Å². The zero-order valence-electron chi connectivity index (χ0n) is 21.9. The Kier molecular flexibility index (Phi) is 13.7. The summed E-state index contributed by atoms with van der Waals surface area (Å²) in [7, 11) is 0. The number of phenolic OH excluding ortho intramolecular Hbond substituents is 1. The van der Waals surface area contributed by atoms with Crippen molar-refractivity contribution in [2.75, 3.05) is 24.0 Å². The van der Waals surface area contributed by atoms with Crippen LogP contribution in [0.4, 0.5) is 0 Å². The molecule has 0 bridgehead atoms. The zero-order valence-corrected chi connectivity index (χ0v) is 23.5. The number of rotatable bonds is 17. The van der Waals surface area contributed by atoms with Crippen LogP contribution in [0.25, 0.3) is 0 Å². The molecule has 2 rings (SSSR count). The summed E-state index contributed by atoms with van der Waals surface area (Å²) in [5, 5.41) is 27.1. The van der Waals surface area contributed by atoms with Crippen molar-refractivity contribution >= 4 is 47.2 Å². The number of nitrogens with one attached hydrogen (secondary N) is 4. The molecule has 8 N–H and O–H groups in total. The molecule has 0 spiro atoms. The Morgan fingerprint density at radius 2 is 1.49 bits per heavy atom. The van der Waals surface area contributed by atoms with E-state index >= 15 is 0 Å². The number of thioether (sulfide) groups is 2. The second kappa shape index (κ2) is 16.7. The first-order valence-electron chi connectivity index (χ1n) is 12.3. The van der Waals surface area contributed by atoms with Crippen molar-refractivity contribution < 1.29 is 29.4 Å². The summed E-state index contributed by atoms with van der Waals surface area (Å²) < 4.78 is 0. The molecule has 0 saturated carbocycles. The molecule has 4 atom stereocenters. The Labute approximate surface area is 235 Å². The highest BCUT2D eigenvalue weighted by atomic mass is 32.2. The number of aromatic nitrogens is 2. The van der Waals surface area contributed by atoms with E-state index in [1.807, 2.05) is 12.5 Å². The lowest BCUT2D eigenvalue weighted by molar-refractivity contribution is -0.142. The maximum Gasteiger partial charge on any atom is 0.326 e. The topological polar surface area (TPSA) is 200 Å². The monoisotopic (exact) mass is 580 g/mol. The van der Waals surface area contributed by atoms with E-state index in [1.165, 1.54) is 36.4 Å². The lowest BCUT2D eigenvalue weighted by atomic mass is 10.0. The first kappa shape index (κ1) is 32.0. The summed E-state index contributed by atoms with van der Waals surface area (Å²) in [4.78, 5) is 57.9. The van der Waals surface area contributed by atoms with Crippen LogP contribution in [0.1, 0.15) is 24.1 Å². The molecule has 39 heavy (non-hydrogen) atoms. The number of imidazole rings is 1. The molecule has 214 valence electrons. The smallest absolute Gasteiger partial charge is 0.326 e. The number of H-pyrrole nitrogens is 1. The summed E-state index contributed by atoms with van der Waals surface area (Å²) in [5.74, 6) is -1.71. The molecule has 3 amide bonds. The van der Waals surface area contributed by atoms with Crippen LogP contribution in [0, 0.1) is 0 Å². The van der Waals surface area contributed by atoms with Gasteiger partial charge in [-0.2, -0.15) is 23.5 Å². The normalized spacial score (nSPS) is 14.0. The van der Waals surface area contributed by atoms with Gasteiger partial charge in [0.2, 0.25) is 17.7 Å². The minimum atomic E-state index is -1.29. The number of hydrogen-bond acceptors (Lipinski definition) is 9.